The Kier molecular flexibility index (Phi) is 4.99. The van der Waals surface area contributed by atoms with E-state index in [1.165, 1.54) is 12.8 Å². The molecule has 114 valence electrons. The summed E-state index contributed by atoms with van der Waals surface area (Å²) in [4.78, 5) is 25.6. The van der Waals surface area contributed by atoms with Crippen LogP contribution >= 0.6 is 0 Å². The number of hydrogen-bond donors (Lipinski definition) is 1. The van der Waals surface area contributed by atoms with Crippen LogP contribution in [0, 0.1) is 5.92 Å². The highest BCUT2D eigenvalue weighted by Crippen LogP contribution is 2.34. The van der Waals surface area contributed by atoms with Crippen LogP contribution in [0.4, 0.5) is 0 Å². The summed E-state index contributed by atoms with van der Waals surface area (Å²) in [5.41, 5.74) is 1.56. The number of nitrogens with zero attached hydrogens (tertiary/aromatic N) is 1. The number of carbonyl (C=O) groups is 2. The van der Waals surface area contributed by atoms with Crippen molar-refractivity contribution in [3.05, 3.63) is 35.4 Å². The minimum Gasteiger partial charge on any atom is -0.355 e. The van der Waals surface area contributed by atoms with Crippen LogP contribution in [0.15, 0.2) is 24.3 Å². The smallest absolute Gasteiger partial charge is 0.251 e. The van der Waals surface area contributed by atoms with Gasteiger partial charge in [0.2, 0.25) is 5.91 Å². The van der Waals surface area contributed by atoms with E-state index in [1.807, 2.05) is 24.1 Å². The number of nitrogens with one attached hydrogen (secondary N) is 1. The molecule has 1 saturated carbocycles. The third-order valence-corrected chi connectivity index (χ3v) is 4.22. The van der Waals surface area contributed by atoms with Gasteiger partial charge in [0, 0.05) is 25.7 Å². The first-order chi connectivity index (χ1) is 10.0. The summed E-state index contributed by atoms with van der Waals surface area (Å²) in [5.74, 6) is 0.848. The van der Waals surface area contributed by atoms with Crippen LogP contribution in [-0.4, -0.2) is 36.9 Å². The second-order valence-corrected chi connectivity index (χ2v) is 5.99. The zero-order valence-electron chi connectivity index (χ0n) is 13.1. The number of carbonyl (C=O) groups excluding carboxylic acids is 2. The van der Waals surface area contributed by atoms with Gasteiger partial charge in [-0.1, -0.05) is 25.0 Å². The van der Waals surface area contributed by atoms with E-state index in [-0.39, 0.29) is 11.8 Å². The molecule has 1 N–H and O–H groups in total. The Balaban J connectivity index is 1.90. The number of rotatable bonds is 6. The van der Waals surface area contributed by atoms with Crippen LogP contribution in [0.5, 0.6) is 0 Å². The summed E-state index contributed by atoms with van der Waals surface area (Å²) >= 11 is 0. The number of amides is 2. The lowest BCUT2D eigenvalue weighted by Crippen LogP contribution is -2.36. The van der Waals surface area contributed by atoms with Crippen LogP contribution < -0.4 is 5.32 Å². The van der Waals surface area contributed by atoms with Crippen LogP contribution in [0.1, 0.15) is 42.1 Å². The zero-order chi connectivity index (χ0) is 15.4. The summed E-state index contributed by atoms with van der Waals surface area (Å²) in [5, 5.41) is 2.58. The normalized spacial score (nSPS) is 15.4. The van der Waals surface area contributed by atoms with E-state index >= 15 is 0 Å². The SMILES string of the molecule is CNC(=O)c1ccc(CC(=O)N(C)C(C)CC2CC2)cc1. The first-order valence-corrected chi connectivity index (χ1v) is 7.58. The third kappa shape index (κ3) is 4.31. The topological polar surface area (TPSA) is 49.4 Å². The summed E-state index contributed by atoms with van der Waals surface area (Å²) in [7, 11) is 3.49. The maximum absolute atomic E-state index is 12.3. The van der Waals surface area contributed by atoms with Gasteiger partial charge >= 0.3 is 0 Å². The first kappa shape index (κ1) is 15.5. The van der Waals surface area contributed by atoms with Gasteiger partial charge in [-0.15, -0.1) is 0 Å². The molecule has 0 heterocycles. The molecule has 0 radical (unpaired) electrons. The third-order valence-electron chi connectivity index (χ3n) is 4.22. The molecular formula is C17H24N2O2. The number of benzene rings is 1. The van der Waals surface area contributed by atoms with E-state index in [4.69, 9.17) is 0 Å². The molecule has 21 heavy (non-hydrogen) atoms. The number of likely N-dealkylation sites (N-methyl/N-ethyl adjacent to an activating group) is 1. The molecule has 0 saturated heterocycles. The fourth-order valence-corrected chi connectivity index (χ4v) is 2.46. The van der Waals surface area contributed by atoms with Gasteiger partial charge in [-0.2, -0.15) is 0 Å². The number of hydrogen-bond acceptors (Lipinski definition) is 2. The van der Waals surface area contributed by atoms with Crippen molar-refractivity contribution in [3.8, 4) is 0 Å². The Morgan fingerprint density at radius 3 is 2.43 bits per heavy atom. The molecule has 2 rings (SSSR count). The lowest BCUT2D eigenvalue weighted by molar-refractivity contribution is -0.131. The van der Waals surface area contributed by atoms with Crippen molar-refractivity contribution in [3.63, 3.8) is 0 Å². The largest absolute Gasteiger partial charge is 0.355 e. The molecule has 1 atom stereocenters. The Hall–Kier alpha value is -1.84. The molecule has 0 spiro atoms. The van der Waals surface area contributed by atoms with E-state index in [1.54, 1.807) is 19.2 Å². The van der Waals surface area contributed by atoms with Gasteiger partial charge in [0.1, 0.15) is 0 Å². The van der Waals surface area contributed by atoms with Crippen molar-refractivity contribution in [2.75, 3.05) is 14.1 Å². The average Bonchev–Trinajstić information content (AvgIpc) is 3.30. The summed E-state index contributed by atoms with van der Waals surface area (Å²) in [6.45, 7) is 2.12. The van der Waals surface area contributed by atoms with E-state index in [0.29, 0.717) is 18.0 Å². The first-order valence-electron chi connectivity index (χ1n) is 7.58. The Labute approximate surface area is 126 Å². The monoisotopic (exact) mass is 288 g/mol. The Morgan fingerprint density at radius 2 is 1.90 bits per heavy atom. The maximum atomic E-state index is 12.3. The Morgan fingerprint density at radius 1 is 1.29 bits per heavy atom. The van der Waals surface area contributed by atoms with Crippen molar-refractivity contribution >= 4 is 11.8 Å². The minimum atomic E-state index is -0.108. The molecule has 4 nitrogen and oxygen atoms in total. The average molecular weight is 288 g/mol. The lowest BCUT2D eigenvalue weighted by atomic mass is 10.1. The second kappa shape index (κ2) is 6.74. The standard InChI is InChI=1S/C17H24N2O2/c1-12(10-13-4-5-13)19(3)16(20)11-14-6-8-15(9-7-14)17(21)18-2/h6-9,12-13H,4-5,10-11H2,1-3H3,(H,18,21). The van der Waals surface area contributed by atoms with Gasteiger partial charge in [-0.25, -0.2) is 0 Å². The summed E-state index contributed by atoms with van der Waals surface area (Å²) in [6, 6.07) is 7.52. The highest BCUT2D eigenvalue weighted by molar-refractivity contribution is 5.94. The predicted octanol–water partition coefficient (Wildman–Crippen LogP) is 2.24. The highest BCUT2D eigenvalue weighted by atomic mass is 16.2. The molecule has 1 aromatic rings. The molecule has 0 aliphatic heterocycles. The van der Waals surface area contributed by atoms with E-state index < -0.39 is 0 Å². The van der Waals surface area contributed by atoms with Crippen molar-refractivity contribution in [1.82, 2.24) is 10.2 Å². The van der Waals surface area contributed by atoms with Gasteiger partial charge in [-0.3, -0.25) is 9.59 Å². The van der Waals surface area contributed by atoms with Crippen molar-refractivity contribution in [2.45, 2.75) is 38.6 Å². The predicted molar refractivity (Wildman–Crippen MR) is 83.1 cm³/mol. The van der Waals surface area contributed by atoms with E-state index in [0.717, 1.165) is 17.9 Å². The van der Waals surface area contributed by atoms with Crippen molar-refractivity contribution in [1.29, 1.82) is 0 Å². The van der Waals surface area contributed by atoms with E-state index in [9.17, 15) is 9.59 Å². The quantitative estimate of drug-likeness (QED) is 0.872. The summed E-state index contributed by atoms with van der Waals surface area (Å²) in [6.07, 6.45) is 4.12. The Bertz CT molecular complexity index is 506. The molecule has 1 fully saturated rings. The van der Waals surface area contributed by atoms with Crippen molar-refractivity contribution < 1.29 is 9.59 Å². The molecule has 0 bridgehead atoms. The maximum Gasteiger partial charge on any atom is 0.251 e. The van der Waals surface area contributed by atoms with Gasteiger partial charge in [0.15, 0.2) is 0 Å². The molecule has 4 heteroatoms. The lowest BCUT2D eigenvalue weighted by Gasteiger charge is -2.25. The van der Waals surface area contributed by atoms with Gasteiger partial charge < -0.3 is 10.2 Å². The second-order valence-electron chi connectivity index (χ2n) is 5.99. The van der Waals surface area contributed by atoms with Crippen LogP contribution in [0.25, 0.3) is 0 Å². The summed E-state index contributed by atoms with van der Waals surface area (Å²) < 4.78 is 0. The van der Waals surface area contributed by atoms with E-state index in [2.05, 4.69) is 12.2 Å². The molecular weight excluding hydrogens is 264 g/mol. The van der Waals surface area contributed by atoms with Crippen LogP contribution in [0.3, 0.4) is 0 Å². The molecule has 1 aliphatic carbocycles. The molecule has 1 unspecified atom stereocenters. The zero-order valence-corrected chi connectivity index (χ0v) is 13.1. The van der Waals surface area contributed by atoms with Gasteiger partial charge in [0.05, 0.1) is 6.42 Å². The minimum absolute atomic E-state index is 0.108. The molecule has 1 aromatic carbocycles. The fourth-order valence-electron chi connectivity index (χ4n) is 2.46. The molecule has 0 aromatic heterocycles. The fraction of sp³-hybridized carbons (Fsp3) is 0.529. The highest BCUT2D eigenvalue weighted by Gasteiger charge is 2.26. The van der Waals surface area contributed by atoms with Crippen LogP contribution in [-0.2, 0) is 11.2 Å². The van der Waals surface area contributed by atoms with Gasteiger partial charge in [-0.05, 0) is 37.0 Å². The van der Waals surface area contributed by atoms with Gasteiger partial charge in [0.25, 0.3) is 5.91 Å². The molecule has 2 amide bonds. The van der Waals surface area contributed by atoms with Crippen LogP contribution in [0.2, 0.25) is 0 Å². The molecule has 1 aliphatic rings. The van der Waals surface area contributed by atoms with Crippen molar-refractivity contribution in [2.24, 2.45) is 5.92 Å².